The molecule has 0 bridgehead atoms. The summed E-state index contributed by atoms with van der Waals surface area (Å²) in [4.78, 5) is 23.8. The second kappa shape index (κ2) is 3.70. The van der Waals surface area contributed by atoms with Gasteiger partial charge >= 0.3 is 0 Å². The lowest BCUT2D eigenvalue weighted by Crippen LogP contribution is -2.44. The number of Topliss-reactive ketones (excluding diaryl/α,β-unsaturated/α-hetero) is 1. The highest BCUT2D eigenvalue weighted by atomic mass is 16.2. The van der Waals surface area contributed by atoms with Gasteiger partial charge in [-0.25, -0.2) is 0 Å². The number of piperidine rings is 1. The van der Waals surface area contributed by atoms with Crippen LogP contribution in [0.2, 0.25) is 0 Å². The lowest BCUT2D eigenvalue weighted by Gasteiger charge is -2.32. The van der Waals surface area contributed by atoms with Gasteiger partial charge in [-0.3, -0.25) is 9.59 Å². The molecule has 0 aromatic heterocycles. The third kappa shape index (κ3) is 1.84. The Morgan fingerprint density at radius 3 is 2.50 bits per heavy atom. The van der Waals surface area contributed by atoms with E-state index < -0.39 is 0 Å². The second-order valence-electron chi connectivity index (χ2n) is 3.40. The Balaban J connectivity index is 2.59. The maximum absolute atomic E-state index is 11.3. The van der Waals surface area contributed by atoms with Crippen molar-refractivity contribution in [3.8, 4) is 0 Å². The number of rotatable bonds is 1. The molecule has 0 radical (unpaired) electrons. The van der Waals surface area contributed by atoms with E-state index >= 15 is 0 Å². The number of ketones is 1. The van der Waals surface area contributed by atoms with Crippen molar-refractivity contribution < 1.29 is 9.59 Å². The molecule has 0 aromatic carbocycles. The summed E-state index contributed by atoms with van der Waals surface area (Å²) in [5.74, 6) is -0.661. The topological polar surface area (TPSA) is 37.4 Å². The summed E-state index contributed by atoms with van der Waals surface area (Å²) in [5.41, 5.74) is 0. The fraction of sp³-hybridized carbons (Fsp3) is 0.778. The highest BCUT2D eigenvalue weighted by Gasteiger charge is 2.25. The van der Waals surface area contributed by atoms with Gasteiger partial charge in [0.25, 0.3) is 5.91 Å². The zero-order chi connectivity index (χ0) is 9.14. The third-order valence-electron chi connectivity index (χ3n) is 2.37. The van der Waals surface area contributed by atoms with Crippen LogP contribution in [0.1, 0.15) is 33.1 Å². The molecular weight excluding hydrogens is 154 g/mol. The van der Waals surface area contributed by atoms with Crippen LogP contribution in [0.3, 0.4) is 0 Å². The average molecular weight is 169 g/mol. The predicted molar refractivity (Wildman–Crippen MR) is 45.7 cm³/mol. The molecule has 0 spiro atoms. The first-order valence-corrected chi connectivity index (χ1v) is 4.44. The minimum Gasteiger partial charge on any atom is -0.333 e. The molecule has 1 fully saturated rings. The Labute approximate surface area is 72.7 Å². The van der Waals surface area contributed by atoms with Crippen LogP contribution in [0.5, 0.6) is 0 Å². The lowest BCUT2D eigenvalue weighted by atomic mass is 10.0. The Kier molecular flexibility index (Phi) is 2.84. The van der Waals surface area contributed by atoms with Crippen LogP contribution in [-0.2, 0) is 9.59 Å². The molecule has 0 saturated carbocycles. The SMILES string of the molecule is CC(=O)C(=O)N1CCCCC1C. The summed E-state index contributed by atoms with van der Waals surface area (Å²) in [6.45, 7) is 4.09. The molecule has 1 aliphatic heterocycles. The number of likely N-dealkylation sites (tertiary alicyclic amines) is 1. The highest BCUT2D eigenvalue weighted by Crippen LogP contribution is 2.16. The first kappa shape index (κ1) is 9.23. The van der Waals surface area contributed by atoms with Crippen molar-refractivity contribution in [1.82, 2.24) is 4.90 Å². The summed E-state index contributed by atoms with van der Waals surface area (Å²) >= 11 is 0. The van der Waals surface area contributed by atoms with Crippen LogP contribution in [0, 0.1) is 0 Å². The minimum atomic E-state index is -0.344. The summed E-state index contributed by atoms with van der Waals surface area (Å²) < 4.78 is 0. The van der Waals surface area contributed by atoms with Crippen molar-refractivity contribution in [2.75, 3.05) is 6.54 Å². The van der Waals surface area contributed by atoms with Gasteiger partial charge in [0.1, 0.15) is 0 Å². The van der Waals surface area contributed by atoms with Crippen LogP contribution in [0.15, 0.2) is 0 Å². The summed E-state index contributed by atoms with van der Waals surface area (Å²) in [5, 5.41) is 0. The van der Waals surface area contributed by atoms with E-state index in [9.17, 15) is 9.59 Å². The first-order chi connectivity index (χ1) is 5.63. The van der Waals surface area contributed by atoms with Gasteiger partial charge in [-0.05, 0) is 26.2 Å². The maximum Gasteiger partial charge on any atom is 0.289 e. The third-order valence-corrected chi connectivity index (χ3v) is 2.37. The van der Waals surface area contributed by atoms with E-state index in [1.54, 1.807) is 4.90 Å². The van der Waals surface area contributed by atoms with Gasteiger partial charge in [-0.2, -0.15) is 0 Å². The molecule has 68 valence electrons. The number of hydrogen-bond donors (Lipinski definition) is 0. The summed E-state index contributed by atoms with van der Waals surface area (Å²) in [6, 6.07) is 0.246. The van der Waals surface area contributed by atoms with E-state index in [1.165, 1.54) is 13.3 Å². The summed E-state index contributed by atoms with van der Waals surface area (Å²) in [7, 11) is 0. The summed E-state index contributed by atoms with van der Waals surface area (Å²) in [6.07, 6.45) is 3.23. The van der Waals surface area contributed by atoms with Gasteiger partial charge in [0.15, 0.2) is 0 Å². The van der Waals surface area contributed by atoms with Crippen LogP contribution < -0.4 is 0 Å². The van der Waals surface area contributed by atoms with Gasteiger partial charge in [0.05, 0.1) is 0 Å². The molecule has 0 aliphatic carbocycles. The lowest BCUT2D eigenvalue weighted by molar-refractivity contribution is -0.145. The standard InChI is InChI=1S/C9H15NO2/c1-7-5-3-4-6-10(7)9(12)8(2)11/h7H,3-6H2,1-2H3. The van der Waals surface area contributed by atoms with Crippen molar-refractivity contribution >= 4 is 11.7 Å². The van der Waals surface area contributed by atoms with E-state index in [1.807, 2.05) is 6.92 Å². The molecule has 1 atom stereocenters. The van der Waals surface area contributed by atoms with Crippen LogP contribution in [0.4, 0.5) is 0 Å². The average Bonchev–Trinajstić information content (AvgIpc) is 2.04. The van der Waals surface area contributed by atoms with Gasteiger partial charge in [-0.15, -0.1) is 0 Å². The molecule has 12 heavy (non-hydrogen) atoms. The van der Waals surface area contributed by atoms with E-state index in [2.05, 4.69) is 0 Å². The van der Waals surface area contributed by atoms with E-state index in [-0.39, 0.29) is 17.7 Å². The highest BCUT2D eigenvalue weighted by molar-refractivity contribution is 6.35. The van der Waals surface area contributed by atoms with Crippen LogP contribution in [-0.4, -0.2) is 29.2 Å². The number of nitrogens with zero attached hydrogens (tertiary/aromatic N) is 1. The largest absolute Gasteiger partial charge is 0.333 e. The fourth-order valence-electron chi connectivity index (χ4n) is 1.60. The van der Waals surface area contributed by atoms with Crippen molar-refractivity contribution in [2.45, 2.75) is 39.2 Å². The number of amides is 1. The molecule has 1 heterocycles. The molecule has 1 amide bonds. The normalized spacial score (nSPS) is 23.8. The van der Waals surface area contributed by atoms with E-state index in [0.717, 1.165) is 19.4 Å². The van der Waals surface area contributed by atoms with Crippen LogP contribution >= 0.6 is 0 Å². The molecule has 1 rings (SSSR count). The molecule has 0 N–H and O–H groups in total. The fourth-order valence-corrected chi connectivity index (χ4v) is 1.60. The quantitative estimate of drug-likeness (QED) is 0.549. The number of carbonyl (C=O) groups is 2. The van der Waals surface area contributed by atoms with Gasteiger partial charge in [0, 0.05) is 19.5 Å². The zero-order valence-electron chi connectivity index (χ0n) is 7.67. The number of carbonyl (C=O) groups excluding carboxylic acids is 2. The van der Waals surface area contributed by atoms with E-state index in [0.29, 0.717) is 0 Å². The Morgan fingerprint density at radius 1 is 1.33 bits per heavy atom. The smallest absolute Gasteiger partial charge is 0.289 e. The molecular formula is C9H15NO2. The second-order valence-corrected chi connectivity index (χ2v) is 3.40. The molecule has 1 saturated heterocycles. The Bertz CT molecular complexity index is 201. The van der Waals surface area contributed by atoms with Crippen molar-refractivity contribution in [3.63, 3.8) is 0 Å². The zero-order valence-corrected chi connectivity index (χ0v) is 7.67. The molecule has 3 nitrogen and oxygen atoms in total. The minimum absolute atomic E-state index is 0.246. The Hall–Kier alpha value is -0.860. The Morgan fingerprint density at radius 2 is 2.00 bits per heavy atom. The maximum atomic E-state index is 11.3. The van der Waals surface area contributed by atoms with Gasteiger partial charge in [0.2, 0.25) is 5.78 Å². The van der Waals surface area contributed by atoms with Crippen molar-refractivity contribution in [3.05, 3.63) is 0 Å². The van der Waals surface area contributed by atoms with Crippen LogP contribution in [0.25, 0.3) is 0 Å². The molecule has 1 aliphatic rings. The molecule has 0 aromatic rings. The molecule has 3 heteroatoms. The molecule has 1 unspecified atom stereocenters. The van der Waals surface area contributed by atoms with Gasteiger partial charge < -0.3 is 4.90 Å². The number of hydrogen-bond acceptors (Lipinski definition) is 2. The first-order valence-electron chi connectivity index (χ1n) is 4.44. The predicted octanol–water partition coefficient (Wildman–Crippen LogP) is 0.976. The monoisotopic (exact) mass is 169 g/mol. The van der Waals surface area contributed by atoms with Crippen molar-refractivity contribution in [2.24, 2.45) is 0 Å². The van der Waals surface area contributed by atoms with Gasteiger partial charge in [-0.1, -0.05) is 0 Å². The van der Waals surface area contributed by atoms with E-state index in [4.69, 9.17) is 0 Å². The van der Waals surface area contributed by atoms with Crippen molar-refractivity contribution in [1.29, 1.82) is 0 Å².